The number of hydrogen-bond acceptors (Lipinski definition) is 2. The quantitative estimate of drug-likeness (QED) is 0.936. The van der Waals surface area contributed by atoms with Crippen LogP contribution in [0.2, 0.25) is 0 Å². The number of alkyl halides is 3. The Bertz CT molecular complexity index is 578. The average molecular weight is 284 g/mol. The smallest absolute Gasteiger partial charge is 0.388 e. The van der Waals surface area contributed by atoms with Crippen LogP contribution >= 0.6 is 0 Å². The number of aryl methyl sites for hydroxylation is 2. The summed E-state index contributed by atoms with van der Waals surface area (Å²) in [5.41, 5.74) is -0.472. The van der Waals surface area contributed by atoms with Crippen molar-refractivity contribution in [1.29, 1.82) is 0 Å². The minimum Gasteiger partial charge on any atom is -0.388 e. The third-order valence-corrected chi connectivity index (χ3v) is 3.16. The largest absolute Gasteiger partial charge is 0.416 e. The number of imidazole rings is 1. The van der Waals surface area contributed by atoms with E-state index in [-0.39, 0.29) is 5.56 Å². The molecule has 0 aliphatic carbocycles. The molecule has 108 valence electrons. The fourth-order valence-electron chi connectivity index (χ4n) is 1.99. The van der Waals surface area contributed by atoms with Crippen LogP contribution in [0.4, 0.5) is 13.2 Å². The van der Waals surface area contributed by atoms with Crippen LogP contribution in [0, 0.1) is 0 Å². The van der Waals surface area contributed by atoms with Gasteiger partial charge < -0.3 is 9.67 Å². The van der Waals surface area contributed by atoms with Gasteiger partial charge >= 0.3 is 6.18 Å². The van der Waals surface area contributed by atoms with Crippen molar-refractivity contribution < 1.29 is 18.3 Å². The molecule has 1 aromatic heterocycles. The normalized spacial score (nSPS) is 13.4. The first-order valence-corrected chi connectivity index (χ1v) is 6.19. The number of rotatable bonds is 4. The zero-order chi connectivity index (χ0) is 14.8. The van der Waals surface area contributed by atoms with Crippen LogP contribution in [0.1, 0.15) is 29.5 Å². The fourth-order valence-corrected chi connectivity index (χ4v) is 1.99. The van der Waals surface area contributed by atoms with Gasteiger partial charge in [0.25, 0.3) is 0 Å². The first-order chi connectivity index (χ1) is 9.38. The first kappa shape index (κ1) is 14.6. The molecule has 0 saturated carbocycles. The third kappa shape index (κ3) is 3.39. The predicted molar refractivity (Wildman–Crippen MR) is 67.9 cm³/mol. The monoisotopic (exact) mass is 284 g/mol. The summed E-state index contributed by atoms with van der Waals surface area (Å²) in [6.07, 6.45) is -1.07. The van der Waals surface area contributed by atoms with Crippen LogP contribution in [0.5, 0.6) is 0 Å². The summed E-state index contributed by atoms with van der Waals surface area (Å²) in [7, 11) is 1.83. The summed E-state index contributed by atoms with van der Waals surface area (Å²) in [5, 5.41) is 10.00. The summed E-state index contributed by atoms with van der Waals surface area (Å²) in [6.45, 7) is 0. The van der Waals surface area contributed by atoms with Gasteiger partial charge in [0.1, 0.15) is 5.82 Å². The third-order valence-electron chi connectivity index (χ3n) is 3.16. The van der Waals surface area contributed by atoms with Gasteiger partial charge in [0, 0.05) is 25.9 Å². The maximum atomic E-state index is 12.6. The molecular weight excluding hydrogens is 269 g/mol. The Kier molecular flexibility index (Phi) is 4.13. The van der Waals surface area contributed by atoms with Crippen LogP contribution in [0.3, 0.4) is 0 Å². The number of nitrogens with zero attached hydrogens (tertiary/aromatic N) is 2. The molecule has 0 amide bonds. The molecule has 20 heavy (non-hydrogen) atoms. The van der Waals surface area contributed by atoms with Gasteiger partial charge in [-0.25, -0.2) is 4.98 Å². The number of aliphatic hydroxyl groups is 1. The molecule has 0 aliphatic rings. The summed E-state index contributed by atoms with van der Waals surface area (Å²) < 4.78 is 39.6. The van der Waals surface area contributed by atoms with Crippen LogP contribution in [-0.4, -0.2) is 14.7 Å². The molecule has 2 rings (SSSR count). The maximum Gasteiger partial charge on any atom is 0.416 e. The summed E-state index contributed by atoms with van der Waals surface area (Å²) in [5.74, 6) is 0.788. The number of halogens is 3. The van der Waals surface area contributed by atoms with Crippen molar-refractivity contribution in [2.24, 2.45) is 7.05 Å². The molecule has 0 spiro atoms. The molecule has 0 fully saturated rings. The molecule has 1 unspecified atom stereocenters. The van der Waals surface area contributed by atoms with E-state index in [1.807, 2.05) is 11.6 Å². The Morgan fingerprint density at radius 3 is 2.70 bits per heavy atom. The van der Waals surface area contributed by atoms with Gasteiger partial charge in [0.15, 0.2) is 0 Å². The van der Waals surface area contributed by atoms with Crippen molar-refractivity contribution in [1.82, 2.24) is 9.55 Å². The van der Waals surface area contributed by atoms with E-state index < -0.39 is 17.8 Å². The maximum absolute atomic E-state index is 12.6. The highest BCUT2D eigenvalue weighted by Gasteiger charge is 2.30. The lowest BCUT2D eigenvalue weighted by Gasteiger charge is -2.13. The van der Waals surface area contributed by atoms with Crippen molar-refractivity contribution in [3.05, 3.63) is 53.6 Å². The number of aromatic nitrogens is 2. The summed E-state index contributed by atoms with van der Waals surface area (Å²) in [4.78, 5) is 4.11. The van der Waals surface area contributed by atoms with Crippen LogP contribution < -0.4 is 0 Å². The second-order valence-corrected chi connectivity index (χ2v) is 4.63. The molecule has 0 aliphatic heterocycles. The van der Waals surface area contributed by atoms with Crippen molar-refractivity contribution >= 4 is 0 Å². The molecule has 3 nitrogen and oxygen atoms in total. The van der Waals surface area contributed by atoms with E-state index in [2.05, 4.69) is 4.98 Å². The Morgan fingerprint density at radius 1 is 1.35 bits per heavy atom. The van der Waals surface area contributed by atoms with Crippen LogP contribution in [0.25, 0.3) is 0 Å². The van der Waals surface area contributed by atoms with E-state index >= 15 is 0 Å². The molecule has 1 aromatic carbocycles. The highest BCUT2D eigenvalue weighted by atomic mass is 19.4. The zero-order valence-electron chi connectivity index (χ0n) is 10.9. The van der Waals surface area contributed by atoms with Crippen LogP contribution in [0.15, 0.2) is 36.7 Å². The zero-order valence-corrected chi connectivity index (χ0v) is 10.9. The van der Waals surface area contributed by atoms with Gasteiger partial charge in [-0.3, -0.25) is 0 Å². The molecule has 1 N–H and O–H groups in total. The molecule has 1 heterocycles. The fraction of sp³-hybridized carbons (Fsp3) is 0.357. The molecule has 0 bridgehead atoms. The SMILES string of the molecule is Cn1ccnc1CCC(O)c1cccc(C(F)(F)F)c1. The Hall–Kier alpha value is -1.82. The number of hydrogen-bond donors (Lipinski definition) is 1. The lowest BCUT2D eigenvalue weighted by Crippen LogP contribution is -2.08. The van der Waals surface area contributed by atoms with Crippen molar-refractivity contribution in [2.45, 2.75) is 25.1 Å². The van der Waals surface area contributed by atoms with E-state index in [0.717, 1.165) is 18.0 Å². The van der Waals surface area contributed by atoms with Crippen molar-refractivity contribution in [3.63, 3.8) is 0 Å². The summed E-state index contributed by atoms with van der Waals surface area (Å²) >= 11 is 0. The van der Waals surface area contributed by atoms with Gasteiger partial charge in [-0.1, -0.05) is 12.1 Å². The molecule has 0 saturated heterocycles. The van der Waals surface area contributed by atoms with Gasteiger partial charge in [0.05, 0.1) is 11.7 Å². The van der Waals surface area contributed by atoms with Crippen molar-refractivity contribution in [3.8, 4) is 0 Å². The predicted octanol–water partition coefficient (Wildman–Crippen LogP) is 3.11. The standard InChI is InChI=1S/C14H15F3N2O/c1-19-8-7-18-13(19)6-5-12(20)10-3-2-4-11(9-10)14(15,16)17/h2-4,7-9,12,20H,5-6H2,1H3. The van der Waals surface area contributed by atoms with E-state index in [1.54, 1.807) is 12.4 Å². The van der Waals surface area contributed by atoms with E-state index in [1.165, 1.54) is 12.1 Å². The second kappa shape index (κ2) is 5.66. The average Bonchev–Trinajstić information content (AvgIpc) is 2.81. The lowest BCUT2D eigenvalue weighted by molar-refractivity contribution is -0.137. The molecular formula is C14H15F3N2O. The topological polar surface area (TPSA) is 38.0 Å². The minimum atomic E-state index is -4.39. The number of benzene rings is 1. The lowest BCUT2D eigenvalue weighted by atomic mass is 10.0. The molecule has 6 heteroatoms. The van der Waals surface area contributed by atoms with Gasteiger partial charge in [0.2, 0.25) is 0 Å². The van der Waals surface area contributed by atoms with Gasteiger partial charge in [-0.15, -0.1) is 0 Å². The Balaban J connectivity index is 2.06. The summed E-state index contributed by atoms with van der Waals surface area (Å²) in [6, 6.07) is 4.79. The minimum absolute atomic E-state index is 0.272. The molecule has 1 atom stereocenters. The Morgan fingerprint density at radius 2 is 2.10 bits per heavy atom. The molecule has 0 radical (unpaired) electrons. The molecule has 2 aromatic rings. The Labute approximate surface area is 114 Å². The number of aliphatic hydroxyl groups excluding tert-OH is 1. The van der Waals surface area contributed by atoms with Gasteiger partial charge in [-0.2, -0.15) is 13.2 Å². The van der Waals surface area contributed by atoms with E-state index in [9.17, 15) is 18.3 Å². The van der Waals surface area contributed by atoms with E-state index in [0.29, 0.717) is 12.8 Å². The second-order valence-electron chi connectivity index (χ2n) is 4.63. The van der Waals surface area contributed by atoms with E-state index in [4.69, 9.17) is 0 Å². The highest BCUT2D eigenvalue weighted by Crippen LogP contribution is 2.31. The highest BCUT2D eigenvalue weighted by molar-refractivity contribution is 5.27. The first-order valence-electron chi connectivity index (χ1n) is 6.19. The van der Waals surface area contributed by atoms with Crippen molar-refractivity contribution in [2.75, 3.05) is 0 Å². The van der Waals surface area contributed by atoms with Gasteiger partial charge in [-0.05, 0) is 24.1 Å². The van der Waals surface area contributed by atoms with Crippen LogP contribution in [-0.2, 0) is 19.6 Å².